The lowest BCUT2D eigenvalue weighted by Gasteiger charge is -2.39. The average Bonchev–Trinajstić information content (AvgIpc) is 2.66. The van der Waals surface area contributed by atoms with Crippen molar-refractivity contribution in [2.24, 2.45) is 5.92 Å². The van der Waals surface area contributed by atoms with Gasteiger partial charge in [-0.15, -0.1) is 0 Å². The van der Waals surface area contributed by atoms with E-state index in [1.807, 2.05) is 13.0 Å². The minimum absolute atomic E-state index is 0.0296. The molecule has 3 heterocycles. The second kappa shape index (κ2) is 8.14. The number of likely N-dealkylation sites (tertiary alicyclic amines) is 1. The molecule has 0 atom stereocenters. The highest BCUT2D eigenvalue weighted by atomic mass is 19.1. The van der Waals surface area contributed by atoms with Crippen molar-refractivity contribution in [1.82, 2.24) is 19.9 Å². The van der Waals surface area contributed by atoms with E-state index in [-0.39, 0.29) is 17.9 Å². The first-order chi connectivity index (χ1) is 14.4. The Labute approximate surface area is 172 Å². The largest absolute Gasteiger partial charge is 0.397 e. The van der Waals surface area contributed by atoms with Gasteiger partial charge in [-0.2, -0.15) is 0 Å². The summed E-state index contributed by atoms with van der Waals surface area (Å²) in [6.07, 6.45) is 2.57. The topological polar surface area (TPSA) is 85.0 Å². The first-order valence-corrected chi connectivity index (χ1v) is 9.66. The Morgan fingerprint density at radius 2 is 1.97 bits per heavy atom. The monoisotopic (exact) mass is 409 g/mol. The molecule has 2 aromatic heterocycles. The van der Waals surface area contributed by atoms with E-state index in [2.05, 4.69) is 15.0 Å². The van der Waals surface area contributed by atoms with Crippen LogP contribution in [0.3, 0.4) is 0 Å². The number of hydrogen-bond donors (Lipinski definition) is 1. The number of pyridine rings is 1. The van der Waals surface area contributed by atoms with Gasteiger partial charge >= 0.3 is 0 Å². The van der Waals surface area contributed by atoms with E-state index in [1.165, 1.54) is 12.1 Å². The maximum Gasteiger partial charge on any atom is 0.228 e. The van der Waals surface area contributed by atoms with Crippen molar-refractivity contribution in [3.05, 3.63) is 71.4 Å². The van der Waals surface area contributed by atoms with Gasteiger partial charge in [0.25, 0.3) is 0 Å². The van der Waals surface area contributed by atoms with Crippen LogP contribution in [0.25, 0.3) is 11.3 Å². The SMILES string of the molecule is Cc1nccc(CC2CN(C(=O)Cc3nc(-c4ccc(F)cc4F)ccc3N)C2)n1. The maximum atomic E-state index is 14.1. The first-order valence-electron chi connectivity index (χ1n) is 9.66. The number of carbonyl (C=O) groups is 1. The number of aromatic nitrogens is 3. The van der Waals surface area contributed by atoms with Gasteiger partial charge in [0.1, 0.15) is 17.5 Å². The Balaban J connectivity index is 1.40. The zero-order valence-electron chi connectivity index (χ0n) is 16.5. The lowest BCUT2D eigenvalue weighted by molar-refractivity contribution is -0.136. The van der Waals surface area contributed by atoms with Crippen molar-refractivity contribution in [3.63, 3.8) is 0 Å². The Morgan fingerprint density at radius 3 is 2.70 bits per heavy atom. The number of aryl methyl sites for hydroxylation is 1. The van der Waals surface area contributed by atoms with Crippen LogP contribution in [0.15, 0.2) is 42.6 Å². The van der Waals surface area contributed by atoms with Crippen LogP contribution in [0.5, 0.6) is 0 Å². The quantitative estimate of drug-likeness (QED) is 0.700. The maximum absolute atomic E-state index is 14.1. The molecule has 0 unspecified atom stereocenters. The molecule has 1 aliphatic heterocycles. The van der Waals surface area contributed by atoms with E-state index in [9.17, 15) is 13.6 Å². The second-order valence-corrected chi connectivity index (χ2v) is 7.50. The summed E-state index contributed by atoms with van der Waals surface area (Å²) >= 11 is 0. The summed E-state index contributed by atoms with van der Waals surface area (Å²) in [6, 6.07) is 8.33. The van der Waals surface area contributed by atoms with Crippen molar-refractivity contribution in [2.75, 3.05) is 18.8 Å². The fourth-order valence-electron chi connectivity index (χ4n) is 3.57. The third-order valence-electron chi connectivity index (χ3n) is 5.18. The Morgan fingerprint density at radius 1 is 1.17 bits per heavy atom. The van der Waals surface area contributed by atoms with Crippen LogP contribution in [0, 0.1) is 24.5 Å². The molecule has 4 rings (SSSR count). The highest BCUT2D eigenvalue weighted by molar-refractivity contribution is 5.81. The summed E-state index contributed by atoms with van der Waals surface area (Å²) in [5, 5.41) is 0. The van der Waals surface area contributed by atoms with Gasteiger partial charge in [-0.25, -0.2) is 18.7 Å². The number of rotatable bonds is 5. The number of nitrogens with two attached hydrogens (primary N) is 1. The fraction of sp³-hybridized carbons (Fsp3) is 0.273. The van der Waals surface area contributed by atoms with Crippen LogP contribution < -0.4 is 5.73 Å². The zero-order valence-corrected chi connectivity index (χ0v) is 16.5. The van der Waals surface area contributed by atoms with E-state index in [1.54, 1.807) is 23.2 Å². The highest BCUT2D eigenvalue weighted by Crippen LogP contribution is 2.25. The molecule has 1 saturated heterocycles. The van der Waals surface area contributed by atoms with Crippen molar-refractivity contribution in [1.29, 1.82) is 0 Å². The Kier molecular flexibility index (Phi) is 5.39. The number of nitrogen functional groups attached to an aromatic ring is 1. The molecule has 0 bridgehead atoms. The van der Waals surface area contributed by atoms with E-state index in [4.69, 9.17) is 5.73 Å². The van der Waals surface area contributed by atoms with E-state index >= 15 is 0 Å². The van der Waals surface area contributed by atoms with Crippen LogP contribution in [0.2, 0.25) is 0 Å². The number of hydrogen-bond acceptors (Lipinski definition) is 5. The molecule has 3 aromatic rings. The lowest BCUT2D eigenvalue weighted by atomic mass is 9.94. The molecule has 2 N–H and O–H groups in total. The molecule has 1 fully saturated rings. The minimum Gasteiger partial charge on any atom is -0.397 e. The van der Waals surface area contributed by atoms with Gasteiger partial charge in [-0.05, 0) is 49.6 Å². The molecule has 0 aliphatic carbocycles. The van der Waals surface area contributed by atoms with Gasteiger partial charge in [-0.1, -0.05) is 0 Å². The summed E-state index contributed by atoms with van der Waals surface area (Å²) in [6.45, 7) is 3.14. The van der Waals surface area contributed by atoms with Crippen LogP contribution in [-0.2, 0) is 17.6 Å². The predicted molar refractivity (Wildman–Crippen MR) is 108 cm³/mol. The molecule has 8 heteroatoms. The average molecular weight is 409 g/mol. The third kappa shape index (κ3) is 4.27. The number of nitrogens with zero attached hydrogens (tertiary/aromatic N) is 4. The number of benzene rings is 1. The van der Waals surface area contributed by atoms with E-state index < -0.39 is 11.6 Å². The number of anilines is 1. The summed E-state index contributed by atoms with van der Waals surface area (Å²) in [5.41, 5.74) is 8.17. The van der Waals surface area contributed by atoms with Gasteiger partial charge in [0.05, 0.1) is 23.5 Å². The summed E-state index contributed by atoms with van der Waals surface area (Å²) in [7, 11) is 0. The fourth-order valence-corrected chi connectivity index (χ4v) is 3.57. The minimum atomic E-state index is -0.713. The molecule has 0 spiro atoms. The van der Waals surface area contributed by atoms with Crippen molar-refractivity contribution >= 4 is 11.6 Å². The zero-order chi connectivity index (χ0) is 21.3. The standard InChI is InChI=1S/C22H21F2N5O/c1-13-26-7-6-16(27-13)8-14-11-29(12-14)22(30)10-21-19(25)4-5-20(28-21)17-3-2-15(23)9-18(17)24/h2-7,9,14H,8,10-12,25H2,1H3. The molecule has 1 aliphatic rings. The molecule has 154 valence electrons. The van der Waals surface area contributed by atoms with Gasteiger partial charge in [0, 0.05) is 36.6 Å². The summed E-state index contributed by atoms with van der Waals surface area (Å²) < 4.78 is 27.2. The van der Waals surface area contributed by atoms with Crippen LogP contribution in [0.1, 0.15) is 17.2 Å². The van der Waals surface area contributed by atoms with Crippen molar-refractivity contribution in [3.8, 4) is 11.3 Å². The first kappa shape index (κ1) is 19.9. The molecule has 0 saturated carbocycles. The molecule has 0 radical (unpaired) electrons. The Bertz CT molecular complexity index is 1100. The second-order valence-electron chi connectivity index (χ2n) is 7.50. The highest BCUT2D eigenvalue weighted by Gasteiger charge is 2.31. The number of carbonyl (C=O) groups excluding carboxylic acids is 1. The normalized spacial score (nSPS) is 13.9. The summed E-state index contributed by atoms with van der Waals surface area (Å²) in [5.74, 6) is -0.366. The van der Waals surface area contributed by atoms with Crippen LogP contribution in [0.4, 0.5) is 14.5 Å². The summed E-state index contributed by atoms with van der Waals surface area (Å²) in [4.78, 5) is 27.2. The van der Waals surface area contributed by atoms with Gasteiger partial charge < -0.3 is 10.6 Å². The molecule has 1 aromatic carbocycles. The van der Waals surface area contributed by atoms with Crippen LogP contribution in [-0.4, -0.2) is 38.8 Å². The predicted octanol–water partition coefficient (Wildman–Crippen LogP) is 2.95. The molecule has 6 nitrogen and oxygen atoms in total. The smallest absolute Gasteiger partial charge is 0.228 e. The molecule has 1 amide bonds. The van der Waals surface area contributed by atoms with Crippen molar-refractivity contribution in [2.45, 2.75) is 19.8 Å². The number of halogens is 2. The lowest BCUT2D eigenvalue weighted by Crippen LogP contribution is -2.51. The third-order valence-corrected chi connectivity index (χ3v) is 5.18. The number of amides is 1. The van der Waals surface area contributed by atoms with Gasteiger partial charge in [-0.3, -0.25) is 9.78 Å². The molecule has 30 heavy (non-hydrogen) atoms. The Hall–Kier alpha value is -3.42. The van der Waals surface area contributed by atoms with Crippen LogP contribution >= 0.6 is 0 Å². The van der Waals surface area contributed by atoms with Gasteiger partial charge in [0.15, 0.2) is 0 Å². The molecular weight excluding hydrogens is 388 g/mol. The van der Waals surface area contributed by atoms with Crippen molar-refractivity contribution < 1.29 is 13.6 Å². The van der Waals surface area contributed by atoms with E-state index in [0.717, 1.165) is 24.0 Å². The van der Waals surface area contributed by atoms with Gasteiger partial charge in [0.2, 0.25) is 5.91 Å². The molecular formula is C22H21F2N5O. The van der Waals surface area contributed by atoms with E-state index in [0.29, 0.717) is 36.1 Å².